The maximum atomic E-state index is 14.0. The van der Waals surface area contributed by atoms with Crippen LogP contribution in [0.3, 0.4) is 0 Å². The molecule has 200 valence electrons. The number of likely N-dealkylation sites (tertiary alicyclic amines) is 1. The molecule has 2 atom stereocenters. The van der Waals surface area contributed by atoms with Crippen LogP contribution < -0.4 is 0 Å². The van der Waals surface area contributed by atoms with Crippen LogP contribution in [0.15, 0.2) is 84.9 Å². The Bertz CT molecular complexity index is 1380. The molecule has 0 radical (unpaired) electrons. The molecule has 1 saturated heterocycles. The monoisotopic (exact) mass is 582 g/mol. The number of carbonyl (C=O) groups is 4. The van der Waals surface area contributed by atoms with E-state index in [4.69, 9.17) is 27.0 Å². The Kier molecular flexibility index (Phi) is 7.22. The Hall–Kier alpha value is -3.33. The molecule has 0 spiro atoms. The van der Waals surface area contributed by atoms with E-state index in [1.165, 1.54) is 0 Å². The number of halogens is 2. The Labute approximate surface area is 239 Å². The van der Waals surface area contributed by atoms with E-state index in [0.717, 1.165) is 20.8 Å². The standard InChI is InChI=1S/C29H24Cl2N2O5S/c1-28(2,39-31)29(30,27(37)38-23(18-11-5-3-6-12-18)19-13-7-4-8-14-19)32-17-22(26(32)36)33-24(34)20-15-9-10-16-21(20)25(33)35/h3-16,22-23H,17H2,1-2H3. The number of rotatable bonds is 8. The summed E-state index contributed by atoms with van der Waals surface area (Å²) >= 11 is 7.07. The topological polar surface area (TPSA) is 84.0 Å². The first-order chi connectivity index (χ1) is 18.6. The number of alkyl halides is 1. The molecule has 7 nitrogen and oxygen atoms in total. The van der Waals surface area contributed by atoms with Crippen LogP contribution >= 0.6 is 33.3 Å². The molecule has 0 saturated carbocycles. The summed E-state index contributed by atoms with van der Waals surface area (Å²) in [6.07, 6.45) is -0.808. The van der Waals surface area contributed by atoms with Gasteiger partial charge >= 0.3 is 5.97 Å². The van der Waals surface area contributed by atoms with Crippen molar-refractivity contribution >= 4 is 56.9 Å². The summed E-state index contributed by atoms with van der Waals surface area (Å²) in [6, 6.07) is 23.6. The SMILES string of the molecule is CC(C)(SCl)C(Cl)(C(=O)OC(c1ccccc1)c1ccccc1)N1CC(N2C(=O)c3ccccc3C2=O)C1=O. The maximum absolute atomic E-state index is 14.0. The number of esters is 1. The average Bonchev–Trinajstić information content (AvgIpc) is 3.20. The van der Waals surface area contributed by atoms with Gasteiger partial charge in [-0.2, -0.15) is 0 Å². The number of nitrogens with zero attached hydrogens (tertiary/aromatic N) is 2. The Morgan fingerprint density at radius 2 is 1.33 bits per heavy atom. The van der Waals surface area contributed by atoms with Crippen LogP contribution in [0.5, 0.6) is 0 Å². The number of benzene rings is 3. The van der Waals surface area contributed by atoms with Gasteiger partial charge in [-0.15, -0.1) is 0 Å². The van der Waals surface area contributed by atoms with Crippen molar-refractivity contribution in [3.8, 4) is 0 Å². The molecule has 2 heterocycles. The fourth-order valence-corrected chi connectivity index (χ4v) is 5.93. The number of β-lactam (4-membered cyclic amide) rings is 1. The van der Waals surface area contributed by atoms with E-state index in [1.54, 1.807) is 38.1 Å². The number of imide groups is 1. The molecule has 3 aromatic carbocycles. The summed E-state index contributed by atoms with van der Waals surface area (Å²) < 4.78 is 4.82. The second kappa shape index (κ2) is 10.3. The van der Waals surface area contributed by atoms with Gasteiger partial charge in [0, 0.05) is 0 Å². The van der Waals surface area contributed by atoms with E-state index in [1.807, 2.05) is 60.7 Å². The van der Waals surface area contributed by atoms with Gasteiger partial charge in [-0.25, -0.2) is 4.79 Å². The summed E-state index contributed by atoms with van der Waals surface area (Å²) in [5.41, 5.74) is 1.89. The summed E-state index contributed by atoms with van der Waals surface area (Å²) in [5, 5.41) is 0. The lowest BCUT2D eigenvalue weighted by molar-refractivity contribution is -0.172. The Balaban J connectivity index is 1.45. The predicted octanol–water partition coefficient (Wildman–Crippen LogP) is 5.43. The summed E-state index contributed by atoms with van der Waals surface area (Å²) in [4.78, 5) is 53.5. The lowest BCUT2D eigenvalue weighted by Gasteiger charge is -2.53. The molecule has 2 aliphatic rings. The zero-order valence-corrected chi connectivity index (χ0v) is 23.4. The van der Waals surface area contributed by atoms with Gasteiger partial charge in [-0.3, -0.25) is 19.3 Å². The molecule has 0 aliphatic carbocycles. The van der Waals surface area contributed by atoms with Gasteiger partial charge in [0.25, 0.3) is 11.8 Å². The molecular formula is C29H24Cl2N2O5S. The summed E-state index contributed by atoms with van der Waals surface area (Å²) in [6.45, 7) is 3.11. The van der Waals surface area contributed by atoms with Crippen molar-refractivity contribution in [1.29, 1.82) is 0 Å². The molecule has 2 aliphatic heterocycles. The minimum atomic E-state index is -2.05. The van der Waals surface area contributed by atoms with Crippen molar-refractivity contribution in [2.45, 2.75) is 35.7 Å². The minimum absolute atomic E-state index is 0.148. The highest BCUT2D eigenvalue weighted by atomic mass is 35.7. The highest BCUT2D eigenvalue weighted by molar-refractivity contribution is 8.22. The van der Waals surface area contributed by atoms with Gasteiger partial charge in [0.2, 0.25) is 10.9 Å². The van der Waals surface area contributed by atoms with Crippen LogP contribution in [0.1, 0.15) is 51.8 Å². The summed E-state index contributed by atoms with van der Waals surface area (Å²) in [5.74, 6) is -2.65. The first kappa shape index (κ1) is 27.2. The lowest BCUT2D eigenvalue weighted by Crippen LogP contribution is -2.75. The quantitative estimate of drug-likeness (QED) is 0.116. The van der Waals surface area contributed by atoms with Gasteiger partial charge in [-0.05, 0) is 58.8 Å². The third kappa shape index (κ3) is 4.40. The van der Waals surface area contributed by atoms with Gasteiger partial charge in [0.05, 0.1) is 22.4 Å². The molecule has 1 fully saturated rings. The fourth-order valence-electron chi connectivity index (χ4n) is 4.87. The lowest BCUT2D eigenvalue weighted by atomic mass is 9.93. The van der Waals surface area contributed by atoms with Crippen LogP contribution in [0, 0.1) is 0 Å². The zero-order chi connectivity index (χ0) is 27.9. The van der Waals surface area contributed by atoms with Gasteiger partial charge < -0.3 is 9.64 Å². The second-order valence-electron chi connectivity index (χ2n) is 9.81. The fraction of sp³-hybridized carbons (Fsp3) is 0.241. The normalized spacial score (nSPS) is 18.6. The van der Waals surface area contributed by atoms with E-state index >= 15 is 0 Å². The molecule has 2 unspecified atom stereocenters. The zero-order valence-electron chi connectivity index (χ0n) is 21.0. The molecule has 3 amide bonds. The first-order valence-corrected chi connectivity index (χ1v) is 14.2. The van der Waals surface area contributed by atoms with Crippen molar-refractivity contribution in [2.75, 3.05) is 6.54 Å². The van der Waals surface area contributed by atoms with Crippen molar-refractivity contribution < 1.29 is 23.9 Å². The number of hydrogen-bond donors (Lipinski definition) is 0. The molecule has 0 N–H and O–H groups in total. The molecule has 0 bridgehead atoms. The van der Waals surface area contributed by atoms with E-state index < -0.39 is 45.6 Å². The van der Waals surface area contributed by atoms with Crippen LogP contribution in [-0.2, 0) is 14.3 Å². The van der Waals surface area contributed by atoms with E-state index in [2.05, 4.69) is 0 Å². The van der Waals surface area contributed by atoms with Crippen molar-refractivity contribution in [3.63, 3.8) is 0 Å². The van der Waals surface area contributed by atoms with Crippen LogP contribution in [0.25, 0.3) is 0 Å². The van der Waals surface area contributed by atoms with E-state index in [-0.39, 0.29) is 17.7 Å². The molecule has 5 rings (SSSR count). The van der Waals surface area contributed by atoms with Crippen molar-refractivity contribution in [1.82, 2.24) is 9.80 Å². The maximum Gasteiger partial charge on any atom is 0.350 e. The summed E-state index contributed by atoms with van der Waals surface area (Å²) in [7, 11) is 6.99. The van der Waals surface area contributed by atoms with Gasteiger partial charge in [0.1, 0.15) is 6.04 Å². The minimum Gasteiger partial charge on any atom is -0.450 e. The molecule has 10 heteroatoms. The smallest absolute Gasteiger partial charge is 0.350 e. The Morgan fingerprint density at radius 1 is 0.872 bits per heavy atom. The van der Waals surface area contributed by atoms with E-state index in [0.29, 0.717) is 11.1 Å². The van der Waals surface area contributed by atoms with Crippen molar-refractivity contribution in [2.24, 2.45) is 0 Å². The molecule has 3 aromatic rings. The predicted molar refractivity (Wildman–Crippen MR) is 149 cm³/mol. The highest BCUT2D eigenvalue weighted by Crippen LogP contribution is 2.49. The van der Waals surface area contributed by atoms with Gasteiger partial charge in [0.15, 0.2) is 6.10 Å². The number of fused-ring (bicyclic) bond motifs is 1. The first-order valence-electron chi connectivity index (χ1n) is 12.2. The van der Waals surface area contributed by atoms with Crippen LogP contribution in [0.4, 0.5) is 0 Å². The van der Waals surface area contributed by atoms with Crippen LogP contribution in [-0.4, -0.2) is 55.8 Å². The highest BCUT2D eigenvalue weighted by Gasteiger charge is 2.64. The van der Waals surface area contributed by atoms with Gasteiger partial charge in [-0.1, -0.05) is 84.4 Å². The van der Waals surface area contributed by atoms with Crippen LogP contribution in [0.2, 0.25) is 0 Å². The molecule has 39 heavy (non-hydrogen) atoms. The largest absolute Gasteiger partial charge is 0.450 e. The van der Waals surface area contributed by atoms with E-state index in [9.17, 15) is 19.2 Å². The van der Waals surface area contributed by atoms with Crippen molar-refractivity contribution in [3.05, 3.63) is 107 Å². The third-order valence-corrected chi connectivity index (χ3v) is 9.89. The number of amides is 3. The molecular weight excluding hydrogens is 559 g/mol. The average molecular weight is 583 g/mol. The number of ether oxygens (including phenoxy) is 1. The third-order valence-electron chi connectivity index (χ3n) is 7.11. The number of hydrogen-bond acceptors (Lipinski definition) is 6. The Morgan fingerprint density at radius 3 is 1.77 bits per heavy atom. The number of carbonyl (C=O) groups excluding carboxylic acids is 4. The molecule has 0 aromatic heterocycles. The second-order valence-corrected chi connectivity index (χ2v) is 12.0.